The second-order valence-electron chi connectivity index (χ2n) is 10.2. The molecule has 2 heterocycles. The molecule has 0 aliphatic carbocycles. The molecular formula is C29H35ClN10O4S. The number of anilines is 7. The van der Waals surface area contributed by atoms with E-state index in [1.165, 1.54) is 38.8 Å². The summed E-state index contributed by atoms with van der Waals surface area (Å²) in [6.45, 7) is 5.03. The van der Waals surface area contributed by atoms with Crippen molar-refractivity contribution in [3.8, 4) is 5.75 Å². The van der Waals surface area contributed by atoms with Crippen molar-refractivity contribution in [1.29, 1.82) is 0 Å². The summed E-state index contributed by atoms with van der Waals surface area (Å²) in [4.78, 5) is 33.9. The van der Waals surface area contributed by atoms with Gasteiger partial charge in [0.2, 0.25) is 21.9 Å². The SMILES string of the molecule is C=CC(=O)Nc1cc(Nc2ncc(Cl)c(Nc3ccc4nccnc4c3N(C)S(C)(=O)=O)n2)c(OC)cc1N(C)CCN(C)C. The van der Waals surface area contributed by atoms with Gasteiger partial charge in [-0.25, -0.2) is 13.4 Å². The number of carbonyl (C=O) groups excluding carboxylic acids is 1. The Labute approximate surface area is 267 Å². The van der Waals surface area contributed by atoms with Gasteiger partial charge in [-0.3, -0.25) is 19.1 Å². The maximum Gasteiger partial charge on any atom is 0.247 e. The Balaban J connectivity index is 1.74. The zero-order chi connectivity index (χ0) is 32.9. The van der Waals surface area contributed by atoms with E-state index in [-0.39, 0.29) is 28.4 Å². The monoisotopic (exact) mass is 654 g/mol. The number of methoxy groups -OCH3 is 1. The minimum absolute atomic E-state index is 0.147. The van der Waals surface area contributed by atoms with Gasteiger partial charge >= 0.3 is 0 Å². The molecule has 2 aromatic carbocycles. The summed E-state index contributed by atoms with van der Waals surface area (Å²) in [5.41, 5.74) is 3.23. The van der Waals surface area contributed by atoms with Crippen LogP contribution in [0.4, 0.5) is 40.2 Å². The third-order valence-electron chi connectivity index (χ3n) is 6.72. The van der Waals surface area contributed by atoms with Gasteiger partial charge in [-0.15, -0.1) is 0 Å². The number of sulfonamides is 1. The second kappa shape index (κ2) is 13.9. The largest absolute Gasteiger partial charge is 0.494 e. The summed E-state index contributed by atoms with van der Waals surface area (Å²) in [5, 5.41) is 9.30. The molecule has 0 radical (unpaired) electrons. The molecule has 0 spiro atoms. The fourth-order valence-corrected chi connectivity index (χ4v) is 4.93. The number of nitrogens with one attached hydrogen (secondary N) is 3. The Hall–Kier alpha value is -4.73. The van der Waals surface area contributed by atoms with Gasteiger partial charge in [-0.1, -0.05) is 18.2 Å². The Bertz CT molecular complexity index is 1840. The highest BCUT2D eigenvalue weighted by atomic mass is 35.5. The van der Waals surface area contributed by atoms with Crippen molar-refractivity contribution in [1.82, 2.24) is 24.8 Å². The summed E-state index contributed by atoms with van der Waals surface area (Å²) < 4.78 is 31.9. The zero-order valence-electron chi connectivity index (χ0n) is 25.8. The average molecular weight is 655 g/mol. The van der Waals surface area contributed by atoms with Crippen LogP contribution in [0.25, 0.3) is 11.0 Å². The van der Waals surface area contributed by atoms with E-state index in [1.807, 2.05) is 26.0 Å². The molecule has 0 saturated heterocycles. The molecule has 45 heavy (non-hydrogen) atoms. The molecule has 0 aliphatic heterocycles. The fraction of sp³-hybridized carbons (Fsp3) is 0.276. The van der Waals surface area contributed by atoms with Crippen molar-refractivity contribution in [2.75, 3.05) is 79.8 Å². The van der Waals surface area contributed by atoms with Crippen LogP contribution in [0.5, 0.6) is 5.75 Å². The van der Waals surface area contributed by atoms with Crippen LogP contribution in [-0.2, 0) is 14.8 Å². The van der Waals surface area contributed by atoms with Gasteiger partial charge < -0.3 is 30.5 Å². The van der Waals surface area contributed by atoms with Crippen LogP contribution in [0.3, 0.4) is 0 Å². The van der Waals surface area contributed by atoms with Crippen LogP contribution in [0.2, 0.25) is 5.02 Å². The van der Waals surface area contributed by atoms with Crippen molar-refractivity contribution < 1.29 is 17.9 Å². The number of hydrogen-bond donors (Lipinski definition) is 3. The van der Waals surface area contributed by atoms with E-state index in [0.717, 1.165) is 22.8 Å². The molecule has 3 N–H and O–H groups in total. The predicted molar refractivity (Wildman–Crippen MR) is 180 cm³/mol. The molecule has 2 aromatic heterocycles. The minimum atomic E-state index is -3.67. The molecule has 16 heteroatoms. The van der Waals surface area contributed by atoms with Gasteiger partial charge in [-0.2, -0.15) is 4.98 Å². The lowest BCUT2D eigenvalue weighted by atomic mass is 10.2. The highest BCUT2D eigenvalue weighted by molar-refractivity contribution is 7.92. The summed E-state index contributed by atoms with van der Waals surface area (Å²) in [6.07, 6.45) is 6.69. The molecule has 0 saturated carbocycles. The van der Waals surface area contributed by atoms with Crippen molar-refractivity contribution in [2.24, 2.45) is 0 Å². The maximum absolute atomic E-state index is 12.6. The molecular weight excluding hydrogens is 620 g/mol. The first-order valence-electron chi connectivity index (χ1n) is 13.6. The number of amides is 1. The van der Waals surface area contributed by atoms with E-state index in [2.05, 4.69) is 47.4 Å². The van der Waals surface area contributed by atoms with Gasteiger partial charge in [0.25, 0.3) is 0 Å². The number of ether oxygens (including phenoxy) is 1. The highest BCUT2D eigenvalue weighted by Gasteiger charge is 2.22. The van der Waals surface area contributed by atoms with Crippen molar-refractivity contribution in [2.45, 2.75) is 0 Å². The van der Waals surface area contributed by atoms with Crippen LogP contribution >= 0.6 is 11.6 Å². The molecule has 0 unspecified atom stereocenters. The molecule has 1 amide bonds. The summed E-state index contributed by atoms with van der Waals surface area (Å²) in [6, 6.07) is 6.89. The number of carbonyl (C=O) groups is 1. The molecule has 0 atom stereocenters. The fourth-order valence-electron chi connectivity index (χ4n) is 4.28. The number of halogens is 1. The third kappa shape index (κ3) is 7.87. The number of benzene rings is 2. The predicted octanol–water partition coefficient (Wildman–Crippen LogP) is 4.09. The third-order valence-corrected chi connectivity index (χ3v) is 8.18. The van der Waals surface area contributed by atoms with E-state index in [4.69, 9.17) is 16.3 Å². The smallest absolute Gasteiger partial charge is 0.247 e. The molecule has 4 rings (SSSR count). The Kier molecular flexibility index (Phi) is 10.3. The standard InChI is InChI=1S/C29H35ClN10O4S/c1-8-25(41)34-21-15-22(24(44-6)16-23(21)39(4)14-13-38(2)3)36-29-33-17-18(30)28(37-29)35-20-10-9-19-26(32-12-11-31-19)27(20)40(5)45(7,42)43/h8-12,15-17H,1,13-14H2,2-7H3,(H,34,41)(H2,33,35,36,37). The molecule has 0 aliphatic rings. The average Bonchev–Trinajstić information content (AvgIpc) is 3.00. The van der Waals surface area contributed by atoms with Crippen LogP contribution < -0.4 is 29.9 Å². The first-order valence-corrected chi connectivity index (χ1v) is 15.8. The van der Waals surface area contributed by atoms with Crippen LogP contribution in [-0.4, -0.2) is 93.8 Å². The van der Waals surface area contributed by atoms with Crippen molar-refractivity contribution >= 4 is 78.8 Å². The normalized spacial score (nSPS) is 11.3. The molecule has 0 fully saturated rings. The number of fused-ring (bicyclic) bond motifs is 1. The lowest BCUT2D eigenvalue weighted by Crippen LogP contribution is -2.29. The number of hydrogen-bond acceptors (Lipinski definition) is 12. The number of rotatable bonds is 13. The van der Waals surface area contributed by atoms with Crippen LogP contribution in [0, 0.1) is 0 Å². The topological polar surface area (TPSA) is 158 Å². The minimum Gasteiger partial charge on any atom is -0.494 e. The van der Waals surface area contributed by atoms with Crippen LogP contribution in [0.1, 0.15) is 0 Å². The Morgan fingerprint density at radius 1 is 1.02 bits per heavy atom. The molecule has 0 bridgehead atoms. The number of aromatic nitrogens is 4. The van der Waals surface area contributed by atoms with Gasteiger partial charge in [-0.05, 0) is 38.4 Å². The van der Waals surface area contributed by atoms with Crippen LogP contribution in [0.15, 0.2) is 55.5 Å². The van der Waals surface area contributed by atoms with Crippen molar-refractivity contribution in [3.05, 3.63) is 60.5 Å². The first-order chi connectivity index (χ1) is 21.3. The highest BCUT2D eigenvalue weighted by Crippen LogP contribution is 2.39. The molecule has 4 aromatic rings. The quantitative estimate of drug-likeness (QED) is 0.178. The number of nitrogens with zero attached hydrogens (tertiary/aromatic N) is 7. The molecule has 14 nitrogen and oxygen atoms in total. The van der Waals surface area contributed by atoms with Gasteiger partial charge in [0, 0.05) is 45.6 Å². The lowest BCUT2D eigenvalue weighted by Gasteiger charge is -2.26. The van der Waals surface area contributed by atoms with Gasteiger partial charge in [0.1, 0.15) is 22.0 Å². The second-order valence-corrected chi connectivity index (χ2v) is 12.7. The zero-order valence-corrected chi connectivity index (χ0v) is 27.4. The lowest BCUT2D eigenvalue weighted by molar-refractivity contribution is -0.111. The summed E-state index contributed by atoms with van der Waals surface area (Å²) in [5.74, 6) is 0.433. The summed E-state index contributed by atoms with van der Waals surface area (Å²) >= 11 is 6.49. The van der Waals surface area contributed by atoms with Gasteiger partial charge in [0.15, 0.2) is 5.82 Å². The number of likely N-dealkylation sites (N-methyl/N-ethyl adjacent to an activating group) is 2. The van der Waals surface area contributed by atoms with Gasteiger partial charge in [0.05, 0.1) is 47.8 Å². The van der Waals surface area contributed by atoms with E-state index in [1.54, 1.807) is 24.3 Å². The Morgan fingerprint density at radius 2 is 1.76 bits per heavy atom. The van der Waals surface area contributed by atoms with E-state index >= 15 is 0 Å². The van der Waals surface area contributed by atoms with Crippen molar-refractivity contribution in [3.63, 3.8) is 0 Å². The van der Waals surface area contributed by atoms with E-state index in [9.17, 15) is 13.2 Å². The Morgan fingerprint density at radius 3 is 2.42 bits per heavy atom. The molecule has 238 valence electrons. The van der Waals surface area contributed by atoms with E-state index < -0.39 is 10.0 Å². The maximum atomic E-state index is 12.6. The van der Waals surface area contributed by atoms with E-state index in [0.29, 0.717) is 40.4 Å². The first kappa shape index (κ1) is 33.2. The summed E-state index contributed by atoms with van der Waals surface area (Å²) in [7, 11) is 5.17.